The van der Waals surface area contributed by atoms with Gasteiger partial charge in [-0.15, -0.1) is 0 Å². The van der Waals surface area contributed by atoms with Crippen LogP contribution in [0.4, 0.5) is 5.69 Å². The zero-order valence-corrected chi connectivity index (χ0v) is 12.3. The van der Waals surface area contributed by atoms with Crippen molar-refractivity contribution in [3.8, 4) is 0 Å². The molecule has 0 atom stereocenters. The molecule has 1 aromatic carbocycles. The lowest BCUT2D eigenvalue weighted by Crippen LogP contribution is -2.37. The monoisotopic (exact) mass is 289 g/mol. The molecule has 0 radical (unpaired) electrons. The maximum Gasteiger partial charge on any atom is 0.250 e. The molecule has 2 amide bonds. The molecule has 0 aromatic heterocycles. The lowest BCUT2D eigenvalue weighted by atomic mass is 10.1. The van der Waals surface area contributed by atoms with E-state index in [2.05, 4.69) is 5.32 Å². The van der Waals surface area contributed by atoms with Gasteiger partial charge in [0.05, 0.1) is 12.1 Å². The number of carbonyl (C=O) groups excluding carboxylic acids is 2. The Morgan fingerprint density at radius 1 is 1.05 bits per heavy atom. The summed E-state index contributed by atoms with van der Waals surface area (Å²) in [5.74, 6) is -0.409. The van der Waals surface area contributed by atoms with Crippen LogP contribution in [-0.2, 0) is 4.79 Å². The molecule has 0 bridgehead atoms. The van der Waals surface area contributed by atoms with Crippen LogP contribution in [0, 0.1) is 0 Å². The zero-order valence-electron chi connectivity index (χ0n) is 12.3. The SMILES string of the molecule is NC(=O)c1ccccc1NCC(=O)N1CCCCCCC1. The van der Waals surface area contributed by atoms with E-state index in [1.54, 1.807) is 18.2 Å². The standard InChI is InChI=1S/C16H23N3O2/c17-16(21)13-8-4-5-9-14(13)18-12-15(20)19-10-6-2-1-3-7-11-19/h4-5,8-9,18H,1-3,6-7,10-12H2,(H2,17,21). The molecule has 1 aliphatic rings. The third-order valence-corrected chi connectivity index (χ3v) is 3.83. The minimum atomic E-state index is -0.489. The first-order chi connectivity index (χ1) is 10.2. The van der Waals surface area contributed by atoms with Crippen LogP contribution >= 0.6 is 0 Å². The predicted octanol–water partition coefficient (Wildman–Crippen LogP) is 1.99. The summed E-state index contributed by atoms with van der Waals surface area (Å²) in [5.41, 5.74) is 6.36. The number of primary amides is 1. The first-order valence-corrected chi connectivity index (χ1v) is 7.59. The van der Waals surface area contributed by atoms with Crippen LogP contribution in [-0.4, -0.2) is 36.3 Å². The van der Waals surface area contributed by atoms with E-state index in [1.165, 1.54) is 19.3 Å². The molecule has 0 unspecified atom stereocenters. The second-order valence-corrected chi connectivity index (χ2v) is 5.41. The lowest BCUT2D eigenvalue weighted by Gasteiger charge is -2.25. The highest BCUT2D eigenvalue weighted by Crippen LogP contribution is 2.15. The van der Waals surface area contributed by atoms with Crippen LogP contribution in [0.15, 0.2) is 24.3 Å². The molecule has 5 heteroatoms. The van der Waals surface area contributed by atoms with Crippen LogP contribution in [0.25, 0.3) is 0 Å². The second-order valence-electron chi connectivity index (χ2n) is 5.41. The molecule has 0 spiro atoms. The van der Waals surface area contributed by atoms with Crippen molar-refractivity contribution in [2.75, 3.05) is 25.0 Å². The van der Waals surface area contributed by atoms with Gasteiger partial charge in [0.15, 0.2) is 0 Å². The van der Waals surface area contributed by atoms with Gasteiger partial charge >= 0.3 is 0 Å². The molecule has 1 aliphatic heterocycles. The van der Waals surface area contributed by atoms with Crippen molar-refractivity contribution < 1.29 is 9.59 Å². The molecule has 114 valence electrons. The van der Waals surface area contributed by atoms with Crippen LogP contribution in [0.3, 0.4) is 0 Å². The van der Waals surface area contributed by atoms with Crippen molar-refractivity contribution in [2.24, 2.45) is 5.73 Å². The van der Waals surface area contributed by atoms with Crippen molar-refractivity contribution in [1.82, 2.24) is 4.90 Å². The molecule has 0 aliphatic carbocycles. The van der Waals surface area contributed by atoms with E-state index < -0.39 is 5.91 Å². The van der Waals surface area contributed by atoms with E-state index in [-0.39, 0.29) is 12.5 Å². The van der Waals surface area contributed by atoms with Crippen LogP contribution in [0.1, 0.15) is 42.5 Å². The van der Waals surface area contributed by atoms with Crippen LogP contribution in [0.5, 0.6) is 0 Å². The quantitative estimate of drug-likeness (QED) is 0.890. The van der Waals surface area contributed by atoms with Crippen molar-refractivity contribution in [2.45, 2.75) is 32.1 Å². The van der Waals surface area contributed by atoms with Gasteiger partial charge < -0.3 is 16.0 Å². The predicted molar refractivity (Wildman–Crippen MR) is 83.1 cm³/mol. The summed E-state index contributed by atoms with van der Waals surface area (Å²) >= 11 is 0. The Morgan fingerprint density at radius 2 is 1.67 bits per heavy atom. The smallest absolute Gasteiger partial charge is 0.250 e. The fraction of sp³-hybridized carbons (Fsp3) is 0.500. The Balaban J connectivity index is 1.92. The summed E-state index contributed by atoms with van der Waals surface area (Å²) in [6, 6.07) is 6.99. The van der Waals surface area contributed by atoms with Gasteiger partial charge in [-0.05, 0) is 25.0 Å². The molecular formula is C16H23N3O2. The van der Waals surface area contributed by atoms with Gasteiger partial charge in [-0.1, -0.05) is 31.4 Å². The maximum atomic E-state index is 12.3. The van der Waals surface area contributed by atoms with Crippen molar-refractivity contribution in [3.63, 3.8) is 0 Å². The third kappa shape index (κ3) is 4.48. The first-order valence-electron chi connectivity index (χ1n) is 7.59. The number of hydrogen-bond acceptors (Lipinski definition) is 3. The van der Waals surface area contributed by atoms with E-state index in [1.807, 2.05) is 11.0 Å². The van der Waals surface area contributed by atoms with Crippen molar-refractivity contribution >= 4 is 17.5 Å². The minimum Gasteiger partial charge on any atom is -0.376 e. The highest BCUT2D eigenvalue weighted by molar-refractivity contribution is 5.99. The second kappa shape index (κ2) is 7.67. The van der Waals surface area contributed by atoms with Gasteiger partial charge in [0.2, 0.25) is 5.91 Å². The Bertz CT molecular complexity index is 494. The average molecular weight is 289 g/mol. The Hall–Kier alpha value is -2.04. The third-order valence-electron chi connectivity index (χ3n) is 3.83. The van der Waals surface area contributed by atoms with Crippen molar-refractivity contribution in [1.29, 1.82) is 0 Å². The molecule has 21 heavy (non-hydrogen) atoms. The molecule has 3 N–H and O–H groups in total. The number of rotatable bonds is 4. The summed E-state index contributed by atoms with van der Waals surface area (Å²) in [6.45, 7) is 1.86. The molecule has 0 saturated carbocycles. The largest absolute Gasteiger partial charge is 0.376 e. The number of anilines is 1. The van der Waals surface area contributed by atoms with Crippen LogP contribution in [0.2, 0.25) is 0 Å². The molecule has 1 heterocycles. The fourth-order valence-corrected chi connectivity index (χ4v) is 2.63. The van der Waals surface area contributed by atoms with Crippen molar-refractivity contribution in [3.05, 3.63) is 29.8 Å². The topological polar surface area (TPSA) is 75.4 Å². The Morgan fingerprint density at radius 3 is 2.33 bits per heavy atom. The summed E-state index contributed by atoms with van der Waals surface area (Å²) < 4.78 is 0. The number of amides is 2. The molecule has 2 rings (SSSR count). The first kappa shape index (κ1) is 15.4. The Labute approximate surface area is 125 Å². The molecule has 5 nitrogen and oxygen atoms in total. The summed E-state index contributed by atoms with van der Waals surface area (Å²) in [7, 11) is 0. The molecule has 1 aromatic rings. The molecule has 1 fully saturated rings. The number of carbonyl (C=O) groups is 2. The molecular weight excluding hydrogens is 266 g/mol. The molecule has 1 saturated heterocycles. The van der Waals surface area contributed by atoms with E-state index in [0.717, 1.165) is 25.9 Å². The van der Waals surface area contributed by atoms with E-state index in [0.29, 0.717) is 11.3 Å². The van der Waals surface area contributed by atoms with E-state index in [4.69, 9.17) is 5.73 Å². The zero-order chi connectivity index (χ0) is 15.1. The van der Waals surface area contributed by atoms with Gasteiger partial charge in [0, 0.05) is 18.8 Å². The number of nitrogens with zero attached hydrogens (tertiary/aromatic N) is 1. The van der Waals surface area contributed by atoms with Gasteiger partial charge in [-0.2, -0.15) is 0 Å². The number of hydrogen-bond donors (Lipinski definition) is 2. The minimum absolute atomic E-state index is 0.0798. The van der Waals surface area contributed by atoms with E-state index in [9.17, 15) is 9.59 Å². The van der Waals surface area contributed by atoms with Gasteiger partial charge in [-0.3, -0.25) is 9.59 Å². The van der Waals surface area contributed by atoms with Crippen LogP contribution < -0.4 is 11.1 Å². The Kier molecular flexibility index (Phi) is 5.60. The summed E-state index contributed by atoms with van der Waals surface area (Å²) in [6.07, 6.45) is 5.81. The lowest BCUT2D eigenvalue weighted by molar-refractivity contribution is -0.129. The normalized spacial score (nSPS) is 15.9. The number of para-hydroxylation sites is 1. The highest BCUT2D eigenvalue weighted by Gasteiger charge is 2.15. The van der Waals surface area contributed by atoms with E-state index >= 15 is 0 Å². The summed E-state index contributed by atoms with van der Waals surface area (Å²) in [5, 5.41) is 3.04. The summed E-state index contributed by atoms with van der Waals surface area (Å²) in [4.78, 5) is 25.5. The number of likely N-dealkylation sites (tertiary alicyclic amines) is 1. The number of nitrogens with one attached hydrogen (secondary N) is 1. The van der Waals surface area contributed by atoms with Gasteiger partial charge in [0.1, 0.15) is 0 Å². The van der Waals surface area contributed by atoms with Gasteiger partial charge in [-0.25, -0.2) is 0 Å². The fourth-order valence-electron chi connectivity index (χ4n) is 2.63. The highest BCUT2D eigenvalue weighted by atomic mass is 16.2. The average Bonchev–Trinajstić information content (AvgIpc) is 2.44. The maximum absolute atomic E-state index is 12.3. The van der Waals surface area contributed by atoms with Gasteiger partial charge in [0.25, 0.3) is 5.91 Å². The number of nitrogens with two attached hydrogens (primary N) is 1. The number of benzene rings is 1.